The van der Waals surface area contributed by atoms with Crippen LogP contribution in [0.4, 0.5) is 0 Å². The first-order valence-electron chi connectivity index (χ1n) is 2.62. The highest BCUT2D eigenvalue weighted by Gasteiger charge is 2.15. The highest BCUT2D eigenvalue weighted by molar-refractivity contribution is 6.01. The first kappa shape index (κ1) is 7.88. The van der Waals surface area contributed by atoms with Crippen LogP contribution >= 0.6 is 0 Å². The van der Waals surface area contributed by atoms with E-state index in [1.165, 1.54) is 0 Å². The van der Waals surface area contributed by atoms with E-state index in [9.17, 15) is 9.59 Å². The number of nitrogens with one attached hydrogen (secondary N) is 1. The fourth-order valence-electron chi connectivity index (χ4n) is 0.508. The maximum Gasteiger partial charge on any atom is 0.227 e. The van der Waals surface area contributed by atoms with Gasteiger partial charge in [0, 0.05) is 12.8 Å². The fraction of sp³-hybridized carbons (Fsp3) is 0.333. The molecule has 0 spiro atoms. The quantitative estimate of drug-likeness (QED) is 0.374. The molecule has 9 heavy (non-hydrogen) atoms. The van der Waals surface area contributed by atoms with Gasteiger partial charge in [0.05, 0.1) is 0 Å². The Bertz CT molecular complexity index is 117. The molecule has 1 saturated heterocycles. The van der Waals surface area contributed by atoms with Gasteiger partial charge in [-0.1, -0.05) is 0 Å². The summed E-state index contributed by atoms with van der Waals surface area (Å²) in [5, 5.41) is 2.14. The molecule has 50 valence electrons. The lowest BCUT2D eigenvalue weighted by Crippen LogP contribution is -2.18. The first-order chi connectivity index (χ1) is 4.29. The van der Waals surface area contributed by atoms with Crippen LogP contribution in [0.1, 0.15) is 12.8 Å². The maximum atomic E-state index is 10.1. The number of hydrogen-bond acceptors (Lipinski definition) is 2. The lowest BCUT2D eigenvalue weighted by atomic mass is 10.4. The second kappa shape index (κ2) is 3.83. The van der Waals surface area contributed by atoms with Crippen molar-refractivity contribution < 1.29 is 9.59 Å². The Kier molecular flexibility index (Phi) is 3.35. The Hall–Kier alpha value is -1.12. The van der Waals surface area contributed by atoms with Crippen LogP contribution in [0.25, 0.3) is 0 Å². The molecule has 0 atom stereocenters. The van der Waals surface area contributed by atoms with Crippen molar-refractivity contribution in [3.8, 4) is 0 Å². The molecular formula is C6H9NO2. The van der Waals surface area contributed by atoms with Crippen LogP contribution in [0, 0.1) is 0 Å². The molecule has 0 aromatic rings. The van der Waals surface area contributed by atoms with E-state index in [0.717, 1.165) is 0 Å². The number of carbonyl (C=O) groups is 2. The van der Waals surface area contributed by atoms with Crippen molar-refractivity contribution >= 4 is 11.8 Å². The van der Waals surface area contributed by atoms with E-state index in [0.29, 0.717) is 12.8 Å². The molecule has 0 bridgehead atoms. The SMILES string of the molecule is C=C.O=C1CCC(=O)N1. The molecule has 3 heteroatoms. The molecule has 0 saturated carbocycles. The highest BCUT2D eigenvalue weighted by atomic mass is 16.2. The minimum absolute atomic E-state index is 0.148. The van der Waals surface area contributed by atoms with Gasteiger partial charge in [0.2, 0.25) is 11.8 Å². The smallest absolute Gasteiger partial charge is 0.227 e. The topological polar surface area (TPSA) is 46.2 Å². The van der Waals surface area contributed by atoms with Crippen molar-refractivity contribution in [1.29, 1.82) is 0 Å². The average Bonchev–Trinajstić information content (AvgIpc) is 2.20. The van der Waals surface area contributed by atoms with Crippen LogP contribution in [0.15, 0.2) is 13.2 Å². The molecule has 1 rings (SSSR count). The summed E-state index contributed by atoms with van der Waals surface area (Å²) in [6, 6.07) is 0. The zero-order valence-electron chi connectivity index (χ0n) is 5.14. The number of amides is 2. The Morgan fingerprint density at radius 3 is 1.56 bits per heavy atom. The van der Waals surface area contributed by atoms with Crippen molar-refractivity contribution in [3.63, 3.8) is 0 Å². The molecule has 1 heterocycles. The van der Waals surface area contributed by atoms with Crippen LogP contribution < -0.4 is 5.32 Å². The van der Waals surface area contributed by atoms with Crippen molar-refractivity contribution in [1.82, 2.24) is 5.32 Å². The molecule has 1 N–H and O–H groups in total. The number of rotatable bonds is 0. The summed E-state index contributed by atoms with van der Waals surface area (Å²) in [4.78, 5) is 20.2. The van der Waals surface area contributed by atoms with Gasteiger partial charge in [-0.15, -0.1) is 13.2 Å². The zero-order chi connectivity index (χ0) is 7.28. The Balaban J connectivity index is 0.000000291. The van der Waals surface area contributed by atoms with Crippen molar-refractivity contribution in [2.45, 2.75) is 12.8 Å². The fourth-order valence-corrected chi connectivity index (χ4v) is 0.508. The third-order valence-electron chi connectivity index (χ3n) is 0.858. The molecule has 2 amide bonds. The normalized spacial score (nSPS) is 16.0. The predicted molar refractivity (Wildman–Crippen MR) is 33.6 cm³/mol. The zero-order valence-corrected chi connectivity index (χ0v) is 5.14. The second-order valence-electron chi connectivity index (χ2n) is 1.47. The molecule has 1 aliphatic rings. The van der Waals surface area contributed by atoms with Gasteiger partial charge in [0.25, 0.3) is 0 Å². The number of imide groups is 1. The summed E-state index contributed by atoms with van der Waals surface area (Å²) in [6.07, 6.45) is 0.748. The van der Waals surface area contributed by atoms with Gasteiger partial charge in [-0.3, -0.25) is 14.9 Å². The molecule has 1 fully saturated rings. The third-order valence-corrected chi connectivity index (χ3v) is 0.858. The van der Waals surface area contributed by atoms with Crippen LogP contribution in [-0.2, 0) is 9.59 Å². The highest BCUT2D eigenvalue weighted by Crippen LogP contribution is 1.95. The minimum Gasteiger partial charge on any atom is -0.296 e. The van der Waals surface area contributed by atoms with E-state index >= 15 is 0 Å². The number of carbonyl (C=O) groups excluding carboxylic acids is 2. The molecule has 3 nitrogen and oxygen atoms in total. The monoisotopic (exact) mass is 127 g/mol. The second-order valence-corrected chi connectivity index (χ2v) is 1.47. The Morgan fingerprint density at radius 2 is 1.44 bits per heavy atom. The number of hydrogen-bond donors (Lipinski definition) is 1. The summed E-state index contributed by atoms with van der Waals surface area (Å²) in [5.74, 6) is -0.296. The Morgan fingerprint density at radius 1 is 1.11 bits per heavy atom. The summed E-state index contributed by atoms with van der Waals surface area (Å²) in [5.41, 5.74) is 0. The summed E-state index contributed by atoms with van der Waals surface area (Å²) in [7, 11) is 0. The maximum absolute atomic E-state index is 10.1. The molecule has 0 aliphatic carbocycles. The van der Waals surface area contributed by atoms with Crippen molar-refractivity contribution in [2.24, 2.45) is 0 Å². The predicted octanol–water partition coefficient (Wildman–Crippen LogP) is 0.225. The Labute approximate surface area is 53.7 Å². The lowest BCUT2D eigenvalue weighted by molar-refractivity contribution is -0.124. The summed E-state index contributed by atoms with van der Waals surface area (Å²) < 4.78 is 0. The van der Waals surface area contributed by atoms with Crippen molar-refractivity contribution in [2.75, 3.05) is 0 Å². The van der Waals surface area contributed by atoms with Gasteiger partial charge in [-0.05, 0) is 0 Å². The molecule has 1 aliphatic heterocycles. The van der Waals surface area contributed by atoms with Gasteiger partial charge in [-0.2, -0.15) is 0 Å². The molecule has 0 radical (unpaired) electrons. The van der Waals surface area contributed by atoms with E-state index in [-0.39, 0.29) is 11.8 Å². The molecular weight excluding hydrogens is 118 g/mol. The summed E-state index contributed by atoms with van der Waals surface area (Å²) >= 11 is 0. The van der Waals surface area contributed by atoms with E-state index in [1.807, 2.05) is 0 Å². The van der Waals surface area contributed by atoms with Crippen LogP contribution in [0.5, 0.6) is 0 Å². The van der Waals surface area contributed by atoms with Gasteiger partial charge in [0.1, 0.15) is 0 Å². The first-order valence-corrected chi connectivity index (χ1v) is 2.62. The molecule has 0 aromatic carbocycles. The van der Waals surface area contributed by atoms with Gasteiger partial charge < -0.3 is 0 Å². The van der Waals surface area contributed by atoms with E-state index in [2.05, 4.69) is 18.5 Å². The van der Waals surface area contributed by atoms with Gasteiger partial charge >= 0.3 is 0 Å². The molecule has 0 unspecified atom stereocenters. The van der Waals surface area contributed by atoms with Crippen LogP contribution in [0.3, 0.4) is 0 Å². The van der Waals surface area contributed by atoms with Gasteiger partial charge in [0.15, 0.2) is 0 Å². The van der Waals surface area contributed by atoms with E-state index in [4.69, 9.17) is 0 Å². The van der Waals surface area contributed by atoms with Gasteiger partial charge in [-0.25, -0.2) is 0 Å². The third kappa shape index (κ3) is 2.64. The average molecular weight is 127 g/mol. The van der Waals surface area contributed by atoms with E-state index in [1.54, 1.807) is 0 Å². The largest absolute Gasteiger partial charge is 0.296 e. The van der Waals surface area contributed by atoms with Crippen LogP contribution in [0.2, 0.25) is 0 Å². The lowest BCUT2D eigenvalue weighted by Gasteiger charge is -1.79. The summed E-state index contributed by atoms with van der Waals surface area (Å²) in [6.45, 7) is 6.00. The molecule has 0 aromatic heterocycles. The van der Waals surface area contributed by atoms with Crippen molar-refractivity contribution in [3.05, 3.63) is 13.2 Å². The standard InChI is InChI=1S/C4H5NO2.C2H4/c6-3-1-2-4(7)5-3;1-2/h1-2H2,(H,5,6,7);1-2H2. The van der Waals surface area contributed by atoms with Crippen LogP contribution in [-0.4, -0.2) is 11.8 Å². The van der Waals surface area contributed by atoms with E-state index < -0.39 is 0 Å². The minimum atomic E-state index is -0.148.